The molecule has 0 aliphatic carbocycles. The van der Waals surface area contributed by atoms with Gasteiger partial charge in [-0.05, 0) is 26.9 Å². The smallest absolute Gasteiger partial charge is 0.193 e. The molecule has 0 atom stereocenters. The Labute approximate surface area is 118 Å². The van der Waals surface area contributed by atoms with Gasteiger partial charge in [0.25, 0.3) is 0 Å². The molecule has 0 spiro atoms. The fraction of sp³-hybridized carbons (Fsp3) is 0.571. The largest absolute Gasteiger partial charge is 0.297 e. The minimum atomic E-state index is -0.364. The molecule has 0 fully saturated rings. The average Bonchev–Trinajstić information content (AvgIpc) is 2.91. The van der Waals surface area contributed by atoms with Gasteiger partial charge in [0.05, 0.1) is 17.7 Å². The maximum atomic E-state index is 12.6. The fourth-order valence-electron chi connectivity index (χ4n) is 2.72. The van der Waals surface area contributed by atoms with Crippen molar-refractivity contribution in [2.45, 2.75) is 38.6 Å². The summed E-state index contributed by atoms with van der Waals surface area (Å²) in [5.74, 6) is 0.258. The number of carbonyl (C=O) groups excluding carboxylic acids is 1. The zero-order chi connectivity index (χ0) is 14.0. The highest BCUT2D eigenvalue weighted by Gasteiger charge is 2.36. The first-order valence-electron chi connectivity index (χ1n) is 6.65. The first-order valence-corrected chi connectivity index (χ1v) is 7.53. The Hall–Kier alpha value is -1.20. The van der Waals surface area contributed by atoms with Crippen LogP contribution in [0.2, 0.25) is 0 Å². The number of ketones is 1. The molecule has 0 aliphatic heterocycles. The molecule has 2 heterocycles. The molecule has 0 saturated carbocycles. The van der Waals surface area contributed by atoms with E-state index in [0.717, 1.165) is 23.5 Å². The predicted molar refractivity (Wildman–Crippen MR) is 78.8 cm³/mol. The van der Waals surface area contributed by atoms with Gasteiger partial charge >= 0.3 is 0 Å². The number of fused-ring (bicyclic) bond motifs is 1. The summed E-state index contributed by atoms with van der Waals surface area (Å²) in [5, 5.41) is 2.00. The molecule has 104 valence electrons. The summed E-state index contributed by atoms with van der Waals surface area (Å²) in [6, 6.07) is 0. The second-order valence-corrected chi connectivity index (χ2v) is 5.93. The Morgan fingerprint density at radius 2 is 2.11 bits per heavy atom. The molecule has 2 aromatic heterocycles. The second kappa shape index (κ2) is 5.43. The molecule has 0 amide bonds. The highest BCUT2D eigenvalue weighted by atomic mass is 32.1. The third kappa shape index (κ3) is 2.44. The summed E-state index contributed by atoms with van der Waals surface area (Å²) in [5.41, 5.74) is 0.502. The maximum Gasteiger partial charge on any atom is 0.193 e. The van der Waals surface area contributed by atoms with Crippen molar-refractivity contribution in [1.82, 2.24) is 14.3 Å². The van der Waals surface area contributed by atoms with Gasteiger partial charge in [-0.15, -0.1) is 11.3 Å². The van der Waals surface area contributed by atoms with Crippen molar-refractivity contribution in [2.24, 2.45) is 0 Å². The number of hydrogen-bond donors (Lipinski definition) is 0. The van der Waals surface area contributed by atoms with Crippen LogP contribution in [0.4, 0.5) is 0 Å². The minimum Gasteiger partial charge on any atom is -0.297 e. The molecule has 19 heavy (non-hydrogen) atoms. The summed E-state index contributed by atoms with van der Waals surface area (Å²) in [6.45, 7) is 4.15. The van der Waals surface area contributed by atoms with Crippen molar-refractivity contribution in [3.05, 3.63) is 23.5 Å². The number of carbonyl (C=O) groups is 1. The van der Waals surface area contributed by atoms with Crippen LogP contribution in [-0.2, 0) is 11.2 Å². The van der Waals surface area contributed by atoms with Crippen molar-refractivity contribution >= 4 is 22.1 Å². The number of imidazole rings is 1. The number of rotatable bonds is 6. The summed E-state index contributed by atoms with van der Waals surface area (Å²) in [4.78, 5) is 20.1. The molecule has 0 N–H and O–H groups in total. The SMILES string of the molecule is CCC(CC)(C(=O)Cc1cn2ccsc2n1)N(C)C. The van der Waals surface area contributed by atoms with Gasteiger partial charge in [0.15, 0.2) is 10.7 Å². The number of hydrogen-bond acceptors (Lipinski definition) is 4. The summed E-state index contributed by atoms with van der Waals surface area (Å²) >= 11 is 1.59. The molecule has 0 radical (unpaired) electrons. The van der Waals surface area contributed by atoms with E-state index in [1.165, 1.54) is 0 Å². The van der Waals surface area contributed by atoms with Gasteiger partial charge in [-0.2, -0.15) is 0 Å². The Kier molecular flexibility index (Phi) is 4.06. The van der Waals surface area contributed by atoms with E-state index in [0.29, 0.717) is 6.42 Å². The van der Waals surface area contributed by atoms with Crippen LogP contribution in [0.5, 0.6) is 0 Å². The molecule has 4 nitrogen and oxygen atoms in total. The molecule has 0 aromatic carbocycles. The second-order valence-electron chi connectivity index (χ2n) is 5.06. The number of aromatic nitrogens is 2. The van der Waals surface area contributed by atoms with Crippen LogP contribution in [0.3, 0.4) is 0 Å². The monoisotopic (exact) mass is 279 g/mol. The van der Waals surface area contributed by atoms with Crippen LogP contribution in [0.25, 0.3) is 4.96 Å². The average molecular weight is 279 g/mol. The number of nitrogens with zero attached hydrogens (tertiary/aromatic N) is 3. The van der Waals surface area contributed by atoms with Gasteiger partial charge < -0.3 is 0 Å². The lowest BCUT2D eigenvalue weighted by Gasteiger charge is -2.36. The quantitative estimate of drug-likeness (QED) is 0.816. The first-order chi connectivity index (χ1) is 9.03. The van der Waals surface area contributed by atoms with Crippen molar-refractivity contribution in [3.8, 4) is 0 Å². The van der Waals surface area contributed by atoms with Gasteiger partial charge in [0.1, 0.15) is 0 Å². The van der Waals surface area contributed by atoms with Crippen LogP contribution < -0.4 is 0 Å². The zero-order valence-electron chi connectivity index (χ0n) is 12.0. The van der Waals surface area contributed by atoms with Crippen molar-refractivity contribution < 1.29 is 4.79 Å². The molecular formula is C14H21N3OS. The van der Waals surface area contributed by atoms with E-state index in [1.54, 1.807) is 11.3 Å². The molecule has 5 heteroatoms. The van der Waals surface area contributed by atoms with Crippen LogP contribution >= 0.6 is 11.3 Å². The van der Waals surface area contributed by atoms with Gasteiger partial charge in [-0.25, -0.2) is 4.98 Å². The highest BCUT2D eigenvalue weighted by Crippen LogP contribution is 2.24. The van der Waals surface area contributed by atoms with E-state index in [1.807, 2.05) is 41.2 Å². The molecule has 0 aliphatic rings. The van der Waals surface area contributed by atoms with Crippen LogP contribution in [0.1, 0.15) is 32.4 Å². The normalized spacial score (nSPS) is 12.5. The minimum absolute atomic E-state index is 0.258. The molecule has 0 unspecified atom stereocenters. The van der Waals surface area contributed by atoms with E-state index in [9.17, 15) is 4.79 Å². The molecular weight excluding hydrogens is 258 g/mol. The van der Waals surface area contributed by atoms with Crippen molar-refractivity contribution in [3.63, 3.8) is 0 Å². The van der Waals surface area contributed by atoms with Crippen molar-refractivity contribution in [1.29, 1.82) is 0 Å². The Morgan fingerprint density at radius 1 is 1.42 bits per heavy atom. The Balaban J connectivity index is 2.21. The summed E-state index contributed by atoms with van der Waals surface area (Å²) in [7, 11) is 3.97. The third-order valence-electron chi connectivity index (χ3n) is 4.03. The summed E-state index contributed by atoms with van der Waals surface area (Å²) < 4.78 is 1.97. The van der Waals surface area contributed by atoms with E-state index in [2.05, 4.69) is 18.8 Å². The van der Waals surface area contributed by atoms with Crippen LogP contribution in [-0.4, -0.2) is 39.7 Å². The lowest BCUT2D eigenvalue weighted by molar-refractivity contribution is -0.129. The maximum absolute atomic E-state index is 12.6. The Bertz CT molecular complexity index is 538. The topological polar surface area (TPSA) is 37.6 Å². The van der Waals surface area contributed by atoms with Gasteiger partial charge in [0.2, 0.25) is 0 Å². The first kappa shape index (κ1) is 14.2. The van der Waals surface area contributed by atoms with Crippen LogP contribution in [0, 0.1) is 0 Å². The van der Waals surface area contributed by atoms with Crippen LogP contribution in [0.15, 0.2) is 17.8 Å². The van der Waals surface area contributed by atoms with E-state index in [4.69, 9.17) is 0 Å². The standard InChI is InChI=1S/C14H21N3OS/c1-5-14(6-2,16(3)4)12(18)9-11-10-17-7-8-19-13(17)15-11/h7-8,10H,5-6,9H2,1-4H3. The predicted octanol–water partition coefficient (Wildman–Crippen LogP) is 2.63. The van der Waals surface area contributed by atoms with E-state index >= 15 is 0 Å². The lowest BCUT2D eigenvalue weighted by Crippen LogP contribution is -2.51. The molecule has 2 rings (SSSR count). The molecule has 0 bridgehead atoms. The van der Waals surface area contributed by atoms with Crippen molar-refractivity contribution in [2.75, 3.05) is 14.1 Å². The highest BCUT2D eigenvalue weighted by molar-refractivity contribution is 7.15. The molecule has 0 saturated heterocycles. The van der Waals surface area contributed by atoms with E-state index < -0.39 is 0 Å². The van der Waals surface area contributed by atoms with Gasteiger partial charge in [-0.1, -0.05) is 13.8 Å². The number of likely N-dealkylation sites (N-methyl/N-ethyl adjacent to an activating group) is 1. The fourth-order valence-corrected chi connectivity index (χ4v) is 3.44. The van der Waals surface area contributed by atoms with Gasteiger partial charge in [0, 0.05) is 17.8 Å². The van der Waals surface area contributed by atoms with E-state index in [-0.39, 0.29) is 11.3 Å². The summed E-state index contributed by atoms with van der Waals surface area (Å²) in [6.07, 6.45) is 6.00. The Morgan fingerprint density at radius 3 is 2.63 bits per heavy atom. The zero-order valence-corrected chi connectivity index (χ0v) is 12.8. The number of Topliss-reactive ketones (excluding diaryl/α,β-unsaturated/α-hetero) is 1. The number of thiazole rings is 1. The van der Waals surface area contributed by atoms with Gasteiger partial charge in [-0.3, -0.25) is 14.1 Å². The third-order valence-corrected chi connectivity index (χ3v) is 4.80. The lowest BCUT2D eigenvalue weighted by atomic mass is 9.84. The molecule has 2 aromatic rings.